The van der Waals surface area contributed by atoms with E-state index >= 15 is 0 Å². The fourth-order valence-electron chi connectivity index (χ4n) is 1.80. The van der Waals surface area contributed by atoms with E-state index in [1.807, 2.05) is 0 Å². The van der Waals surface area contributed by atoms with Gasteiger partial charge in [0.1, 0.15) is 0 Å². The number of rotatable bonds is 3. The number of alkyl halides is 3. The number of carbonyl (C=O) groups is 1. The van der Waals surface area contributed by atoms with Gasteiger partial charge in [-0.15, -0.1) is 0 Å². The molecule has 0 aliphatic heterocycles. The molecule has 2 aromatic carbocycles. The fourth-order valence-corrected chi connectivity index (χ4v) is 2.37. The van der Waals surface area contributed by atoms with Gasteiger partial charge in [-0.05, 0) is 29.8 Å². The van der Waals surface area contributed by atoms with Crippen molar-refractivity contribution in [2.75, 3.05) is 0 Å². The summed E-state index contributed by atoms with van der Waals surface area (Å²) in [4.78, 5) is 12.0. The molecule has 2 aromatic rings. The van der Waals surface area contributed by atoms with Crippen LogP contribution < -0.4 is 5.32 Å². The van der Waals surface area contributed by atoms with Gasteiger partial charge in [-0.3, -0.25) is 4.79 Å². The van der Waals surface area contributed by atoms with Crippen molar-refractivity contribution in [1.82, 2.24) is 5.32 Å². The van der Waals surface area contributed by atoms with Crippen LogP contribution in [0.5, 0.6) is 0 Å². The van der Waals surface area contributed by atoms with Crippen molar-refractivity contribution < 1.29 is 18.0 Å². The second-order valence-electron chi connectivity index (χ2n) is 4.47. The predicted molar refractivity (Wildman–Crippen MR) is 79.1 cm³/mol. The van der Waals surface area contributed by atoms with Crippen molar-refractivity contribution in [1.29, 1.82) is 0 Å². The summed E-state index contributed by atoms with van der Waals surface area (Å²) in [6.45, 7) is 0.0680. The van der Waals surface area contributed by atoms with Crippen molar-refractivity contribution in [3.8, 4) is 0 Å². The molecule has 22 heavy (non-hydrogen) atoms. The van der Waals surface area contributed by atoms with E-state index in [1.54, 1.807) is 6.07 Å². The summed E-state index contributed by atoms with van der Waals surface area (Å²) in [6, 6.07) is 9.20. The Morgan fingerprint density at radius 2 is 1.55 bits per heavy atom. The van der Waals surface area contributed by atoms with E-state index in [9.17, 15) is 18.0 Å². The number of hydrogen-bond donors (Lipinski definition) is 1. The minimum absolute atomic E-state index is 0.0680. The van der Waals surface area contributed by atoms with E-state index in [0.717, 1.165) is 12.1 Å². The third-order valence-electron chi connectivity index (χ3n) is 2.92. The SMILES string of the molecule is O=C(NCc1ccc(C(F)(F)F)cc1)c1c(Cl)cccc1Cl. The van der Waals surface area contributed by atoms with Gasteiger partial charge >= 0.3 is 6.18 Å². The number of benzene rings is 2. The van der Waals surface area contributed by atoms with Crippen molar-refractivity contribution in [2.24, 2.45) is 0 Å². The van der Waals surface area contributed by atoms with Crippen LogP contribution in [0.2, 0.25) is 10.0 Å². The topological polar surface area (TPSA) is 29.1 Å². The van der Waals surface area contributed by atoms with Gasteiger partial charge in [0.05, 0.1) is 21.2 Å². The summed E-state index contributed by atoms with van der Waals surface area (Å²) in [7, 11) is 0. The molecule has 0 saturated heterocycles. The van der Waals surface area contributed by atoms with Crippen LogP contribution in [0.1, 0.15) is 21.5 Å². The predicted octanol–water partition coefficient (Wildman–Crippen LogP) is 4.94. The minimum atomic E-state index is -4.38. The molecule has 0 unspecified atom stereocenters. The highest BCUT2D eigenvalue weighted by Gasteiger charge is 2.29. The quantitative estimate of drug-likeness (QED) is 0.836. The van der Waals surface area contributed by atoms with E-state index in [2.05, 4.69) is 5.32 Å². The average molecular weight is 348 g/mol. The van der Waals surface area contributed by atoms with Crippen molar-refractivity contribution in [3.05, 3.63) is 69.2 Å². The molecule has 0 aliphatic carbocycles. The third kappa shape index (κ3) is 3.93. The maximum atomic E-state index is 12.4. The first kappa shape index (κ1) is 16.6. The van der Waals surface area contributed by atoms with Crippen LogP contribution in [0.3, 0.4) is 0 Å². The molecule has 0 saturated carbocycles. The molecule has 2 rings (SSSR count). The molecule has 0 atom stereocenters. The second kappa shape index (κ2) is 6.58. The van der Waals surface area contributed by atoms with Gasteiger partial charge in [0.25, 0.3) is 5.91 Å². The normalized spacial score (nSPS) is 11.3. The zero-order chi connectivity index (χ0) is 16.3. The molecular weight excluding hydrogens is 338 g/mol. The molecule has 1 N–H and O–H groups in total. The lowest BCUT2D eigenvalue weighted by atomic mass is 10.1. The van der Waals surface area contributed by atoms with E-state index < -0.39 is 17.6 Å². The summed E-state index contributed by atoms with van der Waals surface area (Å²) in [5.41, 5.74) is -0.0704. The average Bonchev–Trinajstić information content (AvgIpc) is 2.44. The molecule has 116 valence electrons. The number of amides is 1. The van der Waals surface area contributed by atoms with Crippen molar-refractivity contribution in [2.45, 2.75) is 12.7 Å². The van der Waals surface area contributed by atoms with E-state index in [1.165, 1.54) is 24.3 Å². The van der Waals surface area contributed by atoms with Crippen LogP contribution in [-0.2, 0) is 12.7 Å². The maximum absolute atomic E-state index is 12.4. The Balaban J connectivity index is 2.06. The molecule has 0 bridgehead atoms. The van der Waals surface area contributed by atoms with Gasteiger partial charge in [-0.25, -0.2) is 0 Å². The van der Waals surface area contributed by atoms with Crippen molar-refractivity contribution in [3.63, 3.8) is 0 Å². The summed E-state index contributed by atoms with van der Waals surface area (Å²) in [6.07, 6.45) is -4.38. The lowest BCUT2D eigenvalue weighted by Gasteiger charge is -2.10. The van der Waals surface area contributed by atoms with Crippen LogP contribution in [0.4, 0.5) is 13.2 Å². The molecule has 1 amide bonds. The van der Waals surface area contributed by atoms with E-state index in [0.29, 0.717) is 5.56 Å². The van der Waals surface area contributed by atoms with Crippen LogP contribution >= 0.6 is 23.2 Å². The van der Waals surface area contributed by atoms with E-state index in [-0.39, 0.29) is 22.2 Å². The minimum Gasteiger partial charge on any atom is -0.348 e. The molecule has 7 heteroatoms. The smallest absolute Gasteiger partial charge is 0.348 e. The molecule has 0 heterocycles. The zero-order valence-corrected chi connectivity index (χ0v) is 12.6. The molecule has 0 spiro atoms. The maximum Gasteiger partial charge on any atom is 0.416 e. The molecule has 0 radical (unpaired) electrons. The first-order valence-electron chi connectivity index (χ1n) is 6.17. The Kier molecular flexibility index (Phi) is 4.98. The molecule has 0 aromatic heterocycles. The first-order chi connectivity index (χ1) is 10.3. The lowest BCUT2D eigenvalue weighted by Crippen LogP contribution is -2.23. The van der Waals surface area contributed by atoms with Gasteiger partial charge in [-0.1, -0.05) is 41.4 Å². The third-order valence-corrected chi connectivity index (χ3v) is 3.55. The van der Waals surface area contributed by atoms with Crippen LogP contribution in [0.15, 0.2) is 42.5 Å². The Morgan fingerprint density at radius 3 is 2.05 bits per heavy atom. The zero-order valence-electron chi connectivity index (χ0n) is 11.0. The molecule has 0 fully saturated rings. The Hall–Kier alpha value is -1.72. The highest BCUT2D eigenvalue weighted by Crippen LogP contribution is 2.29. The molecule has 2 nitrogen and oxygen atoms in total. The van der Waals surface area contributed by atoms with Gasteiger partial charge < -0.3 is 5.32 Å². The molecular formula is C15H10Cl2F3NO. The number of hydrogen-bond acceptors (Lipinski definition) is 1. The van der Waals surface area contributed by atoms with Gasteiger partial charge in [-0.2, -0.15) is 13.2 Å². The van der Waals surface area contributed by atoms with Gasteiger partial charge in [0.2, 0.25) is 0 Å². The van der Waals surface area contributed by atoms with Crippen molar-refractivity contribution >= 4 is 29.1 Å². The number of halogens is 5. The largest absolute Gasteiger partial charge is 0.416 e. The summed E-state index contributed by atoms with van der Waals surface area (Å²) >= 11 is 11.8. The van der Waals surface area contributed by atoms with Crippen LogP contribution in [-0.4, -0.2) is 5.91 Å². The first-order valence-corrected chi connectivity index (χ1v) is 6.93. The number of carbonyl (C=O) groups excluding carboxylic acids is 1. The molecule has 0 aliphatic rings. The monoisotopic (exact) mass is 347 g/mol. The van der Waals surface area contributed by atoms with Crippen LogP contribution in [0.25, 0.3) is 0 Å². The lowest BCUT2D eigenvalue weighted by molar-refractivity contribution is -0.137. The Labute approximate surface area is 134 Å². The highest BCUT2D eigenvalue weighted by atomic mass is 35.5. The highest BCUT2D eigenvalue weighted by molar-refractivity contribution is 6.39. The van der Waals surface area contributed by atoms with E-state index in [4.69, 9.17) is 23.2 Å². The number of nitrogens with one attached hydrogen (secondary N) is 1. The summed E-state index contributed by atoms with van der Waals surface area (Å²) in [5.74, 6) is -0.490. The summed E-state index contributed by atoms with van der Waals surface area (Å²) in [5, 5.41) is 2.98. The standard InChI is InChI=1S/C15H10Cl2F3NO/c16-11-2-1-3-12(17)13(11)14(22)21-8-9-4-6-10(7-5-9)15(18,19)20/h1-7H,8H2,(H,21,22). The summed E-state index contributed by atoms with van der Waals surface area (Å²) < 4.78 is 37.3. The Bertz CT molecular complexity index is 664. The second-order valence-corrected chi connectivity index (χ2v) is 5.29. The van der Waals surface area contributed by atoms with Gasteiger partial charge in [0.15, 0.2) is 0 Å². The van der Waals surface area contributed by atoms with Gasteiger partial charge in [0, 0.05) is 6.54 Å². The fraction of sp³-hybridized carbons (Fsp3) is 0.133. The Morgan fingerprint density at radius 1 is 1.00 bits per heavy atom. The van der Waals surface area contributed by atoms with Crippen LogP contribution in [0, 0.1) is 0 Å².